The van der Waals surface area contributed by atoms with E-state index in [1.165, 1.54) is 22.7 Å². The van der Waals surface area contributed by atoms with E-state index < -0.39 is 0 Å². The Bertz CT molecular complexity index is 939. The van der Waals surface area contributed by atoms with Gasteiger partial charge in [0.1, 0.15) is 16.4 Å². The zero-order valence-corrected chi connectivity index (χ0v) is 17.5. The van der Waals surface area contributed by atoms with E-state index in [-0.39, 0.29) is 11.8 Å². The van der Waals surface area contributed by atoms with Crippen LogP contribution in [0.2, 0.25) is 0 Å². The lowest BCUT2D eigenvalue weighted by Gasteiger charge is -2.03. The lowest BCUT2D eigenvalue weighted by molar-refractivity contribution is 0.0943. The van der Waals surface area contributed by atoms with Crippen LogP contribution in [0.25, 0.3) is 10.7 Å². The molecule has 0 bridgehead atoms. The molecule has 0 fully saturated rings. The Morgan fingerprint density at radius 1 is 0.931 bits per heavy atom. The Kier molecular flexibility index (Phi) is 7.85. The lowest BCUT2D eigenvalue weighted by atomic mass is 10.2. The molecule has 0 radical (unpaired) electrons. The van der Waals surface area contributed by atoms with Gasteiger partial charge in [-0.25, -0.2) is 9.97 Å². The monoisotopic (exact) mass is 429 g/mol. The molecule has 152 valence electrons. The Morgan fingerprint density at radius 2 is 1.72 bits per heavy atom. The quantitative estimate of drug-likeness (QED) is 0.429. The SMILES string of the molecule is NCCCCNC(=O)c1csc(-c2csc(CCNC(=O)c3ccccc3)n2)n1. The topological polar surface area (TPSA) is 110 Å². The molecule has 29 heavy (non-hydrogen) atoms. The molecule has 0 spiro atoms. The molecule has 4 N–H and O–H groups in total. The number of thiazole rings is 2. The maximum atomic E-state index is 12.1. The van der Waals surface area contributed by atoms with Crippen LogP contribution >= 0.6 is 22.7 Å². The first kappa shape index (κ1) is 21.1. The third kappa shape index (κ3) is 6.18. The first-order valence-corrected chi connectivity index (χ1v) is 11.1. The van der Waals surface area contributed by atoms with Gasteiger partial charge in [-0.2, -0.15) is 0 Å². The molecule has 1 aromatic carbocycles. The Labute approximate surface area is 177 Å². The predicted octanol–water partition coefficient (Wildman–Crippen LogP) is 2.71. The molecule has 2 heterocycles. The van der Waals surface area contributed by atoms with E-state index in [9.17, 15) is 9.59 Å². The molecule has 7 nitrogen and oxygen atoms in total. The minimum absolute atomic E-state index is 0.0931. The summed E-state index contributed by atoms with van der Waals surface area (Å²) in [5.74, 6) is -0.270. The highest BCUT2D eigenvalue weighted by Crippen LogP contribution is 2.25. The normalized spacial score (nSPS) is 10.7. The van der Waals surface area contributed by atoms with Crippen molar-refractivity contribution in [3.8, 4) is 10.7 Å². The van der Waals surface area contributed by atoms with Crippen LogP contribution in [-0.2, 0) is 6.42 Å². The number of unbranched alkanes of at least 4 members (excludes halogenated alkanes) is 1. The summed E-state index contributed by atoms with van der Waals surface area (Å²) >= 11 is 2.92. The van der Waals surface area contributed by atoms with Gasteiger partial charge >= 0.3 is 0 Å². The molecule has 2 aromatic heterocycles. The molecule has 0 unspecified atom stereocenters. The average molecular weight is 430 g/mol. The van der Waals surface area contributed by atoms with Crippen molar-refractivity contribution in [2.24, 2.45) is 5.73 Å². The number of hydrogen-bond donors (Lipinski definition) is 3. The van der Waals surface area contributed by atoms with Crippen LogP contribution < -0.4 is 16.4 Å². The maximum absolute atomic E-state index is 12.1. The number of nitrogens with two attached hydrogens (primary N) is 1. The second-order valence-corrected chi connectivity index (χ2v) is 8.09. The fourth-order valence-corrected chi connectivity index (χ4v) is 4.17. The highest BCUT2D eigenvalue weighted by atomic mass is 32.1. The summed E-state index contributed by atoms with van der Waals surface area (Å²) in [7, 11) is 0. The average Bonchev–Trinajstić information content (AvgIpc) is 3.41. The van der Waals surface area contributed by atoms with E-state index in [0.29, 0.717) is 42.3 Å². The van der Waals surface area contributed by atoms with Crippen molar-refractivity contribution >= 4 is 34.5 Å². The largest absolute Gasteiger partial charge is 0.352 e. The zero-order valence-electron chi connectivity index (χ0n) is 15.9. The molecule has 3 rings (SSSR count). The van der Waals surface area contributed by atoms with Crippen LogP contribution in [0.4, 0.5) is 0 Å². The van der Waals surface area contributed by atoms with Crippen LogP contribution in [-0.4, -0.2) is 41.4 Å². The highest BCUT2D eigenvalue weighted by molar-refractivity contribution is 7.14. The fourth-order valence-electron chi connectivity index (χ4n) is 2.56. The number of carbonyl (C=O) groups excluding carboxylic acids is 2. The van der Waals surface area contributed by atoms with Gasteiger partial charge in [0, 0.05) is 35.8 Å². The van der Waals surface area contributed by atoms with Gasteiger partial charge in [0.2, 0.25) is 0 Å². The van der Waals surface area contributed by atoms with E-state index in [2.05, 4.69) is 20.6 Å². The molecular formula is C20H23N5O2S2. The van der Waals surface area contributed by atoms with Crippen molar-refractivity contribution in [3.05, 3.63) is 57.4 Å². The van der Waals surface area contributed by atoms with Crippen molar-refractivity contribution in [2.75, 3.05) is 19.6 Å². The standard InChI is InChI=1S/C20H23N5O2S2/c21-9-4-5-10-22-19(27)15-12-29-20(25-15)16-13-28-17(24-16)8-11-23-18(26)14-6-2-1-3-7-14/h1-3,6-7,12-13H,4-5,8-11,21H2,(H,22,27)(H,23,26). The number of nitrogens with one attached hydrogen (secondary N) is 2. The fraction of sp³-hybridized carbons (Fsp3) is 0.300. The summed E-state index contributed by atoms with van der Waals surface area (Å²) in [5, 5.41) is 11.0. The predicted molar refractivity (Wildman–Crippen MR) is 116 cm³/mol. The summed E-state index contributed by atoms with van der Waals surface area (Å²) in [6.45, 7) is 1.73. The molecule has 0 saturated heterocycles. The van der Waals surface area contributed by atoms with Gasteiger partial charge in [0.05, 0.1) is 5.01 Å². The van der Waals surface area contributed by atoms with Gasteiger partial charge < -0.3 is 16.4 Å². The smallest absolute Gasteiger partial charge is 0.270 e. The number of nitrogens with zero attached hydrogens (tertiary/aromatic N) is 2. The van der Waals surface area contributed by atoms with Crippen LogP contribution in [0.3, 0.4) is 0 Å². The van der Waals surface area contributed by atoms with Crippen molar-refractivity contribution < 1.29 is 9.59 Å². The number of benzene rings is 1. The summed E-state index contributed by atoms with van der Waals surface area (Å²) in [5.41, 5.74) is 7.25. The Balaban J connectivity index is 1.49. The first-order chi connectivity index (χ1) is 14.2. The van der Waals surface area contributed by atoms with Gasteiger partial charge in [-0.1, -0.05) is 18.2 Å². The minimum Gasteiger partial charge on any atom is -0.352 e. The number of amides is 2. The summed E-state index contributed by atoms with van der Waals surface area (Å²) < 4.78 is 0. The van der Waals surface area contributed by atoms with Gasteiger partial charge in [-0.3, -0.25) is 9.59 Å². The Hall–Kier alpha value is -2.62. The van der Waals surface area contributed by atoms with Crippen molar-refractivity contribution in [2.45, 2.75) is 19.3 Å². The van der Waals surface area contributed by atoms with E-state index >= 15 is 0 Å². The molecule has 0 aliphatic carbocycles. The molecule has 0 aliphatic rings. The van der Waals surface area contributed by atoms with E-state index in [4.69, 9.17) is 5.73 Å². The van der Waals surface area contributed by atoms with E-state index in [0.717, 1.165) is 23.5 Å². The second kappa shape index (κ2) is 10.8. The molecule has 3 aromatic rings. The maximum Gasteiger partial charge on any atom is 0.270 e. The van der Waals surface area contributed by atoms with E-state index in [1.807, 2.05) is 23.6 Å². The first-order valence-electron chi connectivity index (χ1n) is 9.39. The molecule has 0 aliphatic heterocycles. The van der Waals surface area contributed by atoms with Gasteiger partial charge in [-0.15, -0.1) is 22.7 Å². The summed E-state index contributed by atoms with van der Waals surface area (Å²) in [6, 6.07) is 9.12. The van der Waals surface area contributed by atoms with Crippen LogP contribution in [0.1, 0.15) is 38.7 Å². The molecule has 0 atom stereocenters. The van der Waals surface area contributed by atoms with Crippen LogP contribution in [0.5, 0.6) is 0 Å². The van der Waals surface area contributed by atoms with Gasteiger partial charge in [0.25, 0.3) is 11.8 Å². The molecule has 0 saturated carbocycles. The molecule has 2 amide bonds. The van der Waals surface area contributed by atoms with Gasteiger partial charge in [0.15, 0.2) is 0 Å². The number of carbonyl (C=O) groups is 2. The third-order valence-electron chi connectivity index (χ3n) is 4.08. The lowest BCUT2D eigenvalue weighted by Crippen LogP contribution is -2.25. The van der Waals surface area contributed by atoms with E-state index in [1.54, 1.807) is 17.5 Å². The van der Waals surface area contributed by atoms with Crippen LogP contribution in [0.15, 0.2) is 41.1 Å². The number of aromatic nitrogens is 2. The molecule has 9 heteroatoms. The van der Waals surface area contributed by atoms with Gasteiger partial charge in [-0.05, 0) is 31.5 Å². The second-order valence-electron chi connectivity index (χ2n) is 6.29. The summed E-state index contributed by atoms with van der Waals surface area (Å²) in [6.07, 6.45) is 2.38. The molecular weight excluding hydrogens is 406 g/mol. The third-order valence-corrected chi connectivity index (χ3v) is 5.86. The van der Waals surface area contributed by atoms with Crippen LogP contribution in [0, 0.1) is 0 Å². The highest BCUT2D eigenvalue weighted by Gasteiger charge is 2.14. The zero-order chi connectivity index (χ0) is 20.5. The van der Waals surface area contributed by atoms with Crippen molar-refractivity contribution in [1.82, 2.24) is 20.6 Å². The Morgan fingerprint density at radius 3 is 2.52 bits per heavy atom. The van der Waals surface area contributed by atoms with Crippen molar-refractivity contribution in [1.29, 1.82) is 0 Å². The minimum atomic E-state index is -0.177. The van der Waals surface area contributed by atoms with Crippen molar-refractivity contribution in [3.63, 3.8) is 0 Å². The summed E-state index contributed by atoms with van der Waals surface area (Å²) in [4.78, 5) is 33.2. The number of hydrogen-bond acceptors (Lipinski definition) is 7. The number of rotatable bonds is 10.